The van der Waals surface area contributed by atoms with Crippen molar-refractivity contribution >= 4 is 23.4 Å². The van der Waals surface area contributed by atoms with Crippen molar-refractivity contribution in [2.45, 2.75) is 30.4 Å². The molecule has 6 nitrogen and oxygen atoms in total. The first-order valence-electron chi connectivity index (χ1n) is 9.08. The fraction of sp³-hybridized carbons (Fsp3) is 0.200. The molecule has 31 heavy (non-hydrogen) atoms. The van der Waals surface area contributed by atoms with E-state index < -0.39 is 11.7 Å². The molecule has 2 heterocycles. The summed E-state index contributed by atoms with van der Waals surface area (Å²) in [6.07, 6.45) is -4.57. The number of para-hydroxylation sites is 1. The van der Waals surface area contributed by atoms with Crippen LogP contribution in [0.1, 0.15) is 29.5 Å². The number of nitrogens with zero attached hydrogens (tertiary/aromatic N) is 5. The molecule has 0 saturated heterocycles. The lowest BCUT2D eigenvalue weighted by Gasteiger charge is -2.17. The summed E-state index contributed by atoms with van der Waals surface area (Å²) in [5, 5.41) is 16.4. The van der Waals surface area contributed by atoms with E-state index in [0.717, 1.165) is 17.8 Å². The zero-order chi connectivity index (χ0) is 22.2. The molecular weight excluding hydrogens is 451 g/mol. The third kappa shape index (κ3) is 4.45. The van der Waals surface area contributed by atoms with Crippen LogP contribution in [-0.2, 0) is 6.18 Å². The lowest BCUT2D eigenvalue weighted by atomic mass is 10.1. The van der Waals surface area contributed by atoms with Crippen molar-refractivity contribution < 1.29 is 17.6 Å². The largest absolute Gasteiger partial charge is 0.424 e. The molecule has 160 valence electrons. The molecule has 0 N–H and O–H groups in total. The Morgan fingerprint density at radius 2 is 1.81 bits per heavy atom. The highest BCUT2D eigenvalue weighted by molar-refractivity contribution is 7.99. The maximum Gasteiger partial charge on any atom is 0.418 e. The predicted molar refractivity (Wildman–Crippen MR) is 110 cm³/mol. The van der Waals surface area contributed by atoms with Crippen LogP contribution in [0.5, 0.6) is 0 Å². The number of benzene rings is 2. The van der Waals surface area contributed by atoms with Gasteiger partial charge in [0.05, 0.1) is 16.5 Å². The van der Waals surface area contributed by atoms with Gasteiger partial charge in [-0.2, -0.15) is 13.2 Å². The second-order valence-corrected chi connectivity index (χ2v) is 8.33. The normalized spacial score (nSPS) is 12.8. The molecule has 4 rings (SSSR count). The topological polar surface area (TPSA) is 69.6 Å². The molecule has 0 aliphatic carbocycles. The predicted octanol–water partition coefficient (Wildman–Crippen LogP) is 6.15. The minimum absolute atomic E-state index is 0.0913. The molecule has 0 aliphatic rings. The van der Waals surface area contributed by atoms with E-state index in [1.165, 1.54) is 22.8 Å². The SMILES string of the molecule is Cc1nnc(C(C)Sc2nnc(-c3cccc(Cl)c3)n2-c2ccccc2C(F)(F)F)o1. The summed E-state index contributed by atoms with van der Waals surface area (Å²) in [5.74, 6) is 0.965. The Kier molecular flexibility index (Phi) is 5.76. The second kappa shape index (κ2) is 8.35. The summed E-state index contributed by atoms with van der Waals surface area (Å²) in [6.45, 7) is 3.46. The number of rotatable bonds is 5. The maximum atomic E-state index is 13.8. The summed E-state index contributed by atoms with van der Waals surface area (Å²) in [6, 6.07) is 12.0. The van der Waals surface area contributed by atoms with E-state index in [9.17, 15) is 13.2 Å². The molecule has 0 radical (unpaired) electrons. The van der Waals surface area contributed by atoms with Crippen molar-refractivity contribution in [1.29, 1.82) is 0 Å². The van der Waals surface area contributed by atoms with Crippen LogP contribution in [-0.4, -0.2) is 25.0 Å². The van der Waals surface area contributed by atoms with Gasteiger partial charge in [-0.15, -0.1) is 20.4 Å². The Bertz CT molecular complexity index is 1220. The first-order chi connectivity index (χ1) is 14.7. The van der Waals surface area contributed by atoms with Crippen LogP contribution in [0.25, 0.3) is 17.1 Å². The molecule has 0 saturated carbocycles. The number of hydrogen-bond donors (Lipinski definition) is 0. The Hall–Kier alpha value is -2.85. The zero-order valence-corrected chi connectivity index (χ0v) is 17.8. The van der Waals surface area contributed by atoms with E-state index in [-0.39, 0.29) is 21.9 Å². The first kappa shape index (κ1) is 21.4. The molecule has 4 aromatic rings. The van der Waals surface area contributed by atoms with Crippen molar-refractivity contribution in [3.63, 3.8) is 0 Å². The van der Waals surface area contributed by atoms with Crippen LogP contribution in [0.3, 0.4) is 0 Å². The average Bonchev–Trinajstić information content (AvgIpc) is 3.34. The van der Waals surface area contributed by atoms with Gasteiger partial charge in [0.25, 0.3) is 0 Å². The van der Waals surface area contributed by atoms with E-state index in [0.29, 0.717) is 22.4 Å². The number of aryl methyl sites for hydroxylation is 1. The molecule has 2 aromatic heterocycles. The molecule has 0 amide bonds. The van der Waals surface area contributed by atoms with Crippen LogP contribution in [0.4, 0.5) is 13.2 Å². The summed E-state index contributed by atoms with van der Waals surface area (Å²) >= 11 is 7.26. The summed E-state index contributed by atoms with van der Waals surface area (Å²) in [5.41, 5.74) is -0.363. The monoisotopic (exact) mass is 465 g/mol. The van der Waals surface area contributed by atoms with Crippen LogP contribution in [0, 0.1) is 6.92 Å². The summed E-state index contributed by atoms with van der Waals surface area (Å²) in [4.78, 5) is 0. The van der Waals surface area contributed by atoms with Crippen LogP contribution < -0.4 is 0 Å². The van der Waals surface area contributed by atoms with Crippen molar-refractivity contribution in [2.24, 2.45) is 0 Å². The smallest absolute Gasteiger partial charge is 0.418 e. The molecule has 0 spiro atoms. The van der Waals surface area contributed by atoms with Gasteiger partial charge in [-0.1, -0.05) is 47.6 Å². The summed E-state index contributed by atoms with van der Waals surface area (Å²) < 4.78 is 48.2. The van der Waals surface area contributed by atoms with Gasteiger partial charge < -0.3 is 4.42 Å². The quantitative estimate of drug-likeness (QED) is 0.329. The summed E-state index contributed by atoms with van der Waals surface area (Å²) in [7, 11) is 0. The minimum Gasteiger partial charge on any atom is -0.424 e. The Morgan fingerprint density at radius 1 is 1.03 bits per heavy atom. The van der Waals surface area contributed by atoms with Gasteiger partial charge in [0.1, 0.15) is 0 Å². The van der Waals surface area contributed by atoms with Gasteiger partial charge in [-0.3, -0.25) is 4.57 Å². The zero-order valence-electron chi connectivity index (χ0n) is 16.3. The minimum atomic E-state index is -4.57. The van der Waals surface area contributed by atoms with E-state index in [1.54, 1.807) is 38.1 Å². The highest BCUT2D eigenvalue weighted by atomic mass is 35.5. The molecule has 0 fully saturated rings. The van der Waals surface area contributed by atoms with E-state index >= 15 is 0 Å². The van der Waals surface area contributed by atoms with Gasteiger partial charge in [0.2, 0.25) is 11.8 Å². The van der Waals surface area contributed by atoms with Crippen LogP contribution in [0.15, 0.2) is 58.1 Å². The van der Waals surface area contributed by atoms with Crippen molar-refractivity contribution in [3.8, 4) is 17.1 Å². The van der Waals surface area contributed by atoms with E-state index in [2.05, 4.69) is 20.4 Å². The van der Waals surface area contributed by atoms with Crippen molar-refractivity contribution in [3.05, 3.63) is 70.9 Å². The van der Waals surface area contributed by atoms with Gasteiger partial charge >= 0.3 is 6.18 Å². The number of hydrogen-bond acceptors (Lipinski definition) is 6. The molecule has 11 heteroatoms. The highest BCUT2D eigenvalue weighted by Gasteiger charge is 2.35. The number of thioether (sulfide) groups is 1. The van der Waals surface area contributed by atoms with E-state index in [4.69, 9.17) is 16.0 Å². The van der Waals surface area contributed by atoms with Crippen molar-refractivity contribution in [1.82, 2.24) is 25.0 Å². The van der Waals surface area contributed by atoms with Gasteiger partial charge in [0.15, 0.2) is 11.0 Å². The lowest BCUT2D eigenvalue weighted by molar-refractivity contribution is -0.137. The number of halogens is 4. The van der Waals surface area contributed by atoms with Gasteiger partial charge in [-0.05, 0) is 31.2 Å². The fourth-order valence-corrected chi connectivity index (χ4v) is 4.05. The lowest BCUT2D eigenvalue weighted by Crippen LogP contribution is -2.12. The molecule has 0 aliphatic heterocycles. The van der Waals surface area contributed by atoms with E-state index in [1.807, 2.05) is 0 Å². The van der Waals surface area contributed by atoms with Gasteiger partial charge in [0, 0.05) is 17.5 Å². The molecule has 2 aromatic carbocycles. The Labute approximate surface area is 184 Å². The Morgan fingerprint density at radius 3 is 2.48 bits per heavy atom. The molecule has 1 atom stereocenters. The van der Waals surface area contributed by atoms with Gasteiger partial charge in [-0.25, -0.2) is 0 Å². The fourth-order valence-electron chi connectivity index (χ4n) is 2.97. The third-order valence-electron chi connectivity index (χ3n) is 4.34. The third-order valence-corrected chi connectivity index (χ3v) is 5.60. The van der Waals surface area contributed by atoms with Crippen molar-refractivity contribution in [2.75, 3.05) is 0 Å². The number of aromatic nitrogens is 5. The standard InChI is InChI=1S/C20H15ClF3N5OS/c1-11(18-27-25-12(2)30-18)31-19-28-26-17(13-6-5-7-14(21)10-13)29(19)16-9-4-3-8-15(16)20(22,23)24/h3-11H,1-2H3. The Balaban J connectivity index is 1.88. The first-order valence-corrected chi connectivity index (χ1v) is 10.3. The molecule has 1 unspecified atom stereocenters. The highest BCUT2D eigenvalue weighted by Crippen LogP contribution is 2.40. The molecule has 0 bridgehead atoms. The average molecular weight is 466 g/mol. The van der Waals surface area contributed by atoms with Crippen LogP contribution >= 0.6 is 23.4 Å². The second-order valence-electron chi connectivity index (χ2n) is 6.59. The number of alkyl halides is 3. The van der Waals surface area contributed by atoms with Crippen LogP contribution in [0.2, 0.25) is 5.02 Å². The molecular formula is C20H15ClF3N5OS. The maximum absolute atomic E-state index is 13.8.